The van der Waals surface area contributed by atoms with Crippen LogP contribution in [0.2, 0.25) is 0 Å². The van der Waals surface area contributed by atoms with Gasteiger partial charge in [0, 0.05) is 12.6 Å². The number of methoxy groups -OCH3 is 1. The van der Waals surface area contributed by atoms with Crippen LogP contribution in [0.1, 0.15) is 26.7 Å². The Morgan fingerprint density at radius 1 is 1.53 bits per heavy atom. The first-order valence-corrected chi connectivity index (χ1v) is 5.21. The Morgan fingerprint density at radius 3 is 2.67 bits per heavy atom. The SMILES string of the molecule is COC(=O)N[C@@H](C)C(=O)N1CCC[C@H]1C. The van der Waals surface area contributed by atoms with Crippen molar-refractivity contribution in [3.63, 3.8) is 0 Å². The van der Waals surface area contributed by atoms with Crippen LogP contribution in [0.5, 0.6) is 0 Å². The van der Waals surface area contributed by atoms with Crippen molar-refractivity contribution in [1.82, 2.24) is 10.2 Å². The molecular formula is C10H18N2O3. The second kappa shape index (κ2) is 5.00. The summed E-state index contributed by atoms with van der Waals surface area (Å²) in [5.41, 5.74) is 0. The molecule has 1 fully saturated rings. The van der Waals surface area contributed by atoms with Crippen LogP contribution in [-0.4, -0.2) is 42.6 Å². The van der Waals surface area contributed by atoms with E-state index < -0.39 is 12.1 Å². The fraction of sp³-hybridized carbons (Fsp3) is 0.800. The summed E-state index contributed by atoms with van der Waals surface area (Å²) < 4.78 is 4.44. The summed E-state index contributed by atoms with van der Waals surface area (Å²) >= 11 is 0. The lowest BCUT2D eigenvalue weighted by molar-refractivity contribution is -0.133. The molecular weight excluding hydrogens is 196 g/mol. The van der Waals surface area contributed by atoms with Crippen molar-refractivity contribution in [2.24, 2.45) is 0 Å². The van der Waals surface area contributed by atoms with Gasteiger partial charge in [0.05, 0.1) is 7.11 Å². The summed E-state index contributed by atoms with van der Waals surface area (Å²) in [7, 11) is 1.28. The Morgan fingerprint density at radius 2 is 2.20 bits per heavy atom. The maximum Gasteiger partial charge on any atom is 0.407 e. The van der Waals surface area contributed by atoms with Crippen molar-refractivity contribution in [3.8, 4) is 0 Å². The number of alkyl carbamates (subject to hydrolysis) is 1. The first-order chi connectivity index (χ1) is 7.06. The van der Waals surface area contributed by atoms with E-state index in [1.807, 2.05) is 6.92 Å². The first-order valence-electron chi connectivity index (χ1n) is 5.21. The largest absolute Gasteiger partial charge is 0.453 e. The van der Waals surface area contributed by atoms with Gasteiger partial charge in [0.1, 0.15) is 6.04 Å². The van der Waals surface area contributed by atoms with Gasteiger partial charge in [-0.05, 0) is 26.7 Å². The number of hydrogen-bond acceptors (Lipinski definition) is 3. The highest BCUT2D eigenvalue weighted by atomic mass is 16.5. The second-order valence-electron chi connectivity index (χ2n) is 3.88. The number of likely N-dealkylation sites (tertiary alicyclic amines) is 1. The molecule has 0 saturated carbocycles. The molecule has 0 aromatic heterocycles. The number of rotatable bonds is 2. The summed E-state index contributed by atoms with van der Waals surface area (Å²) in [6, 6.07) is -0.239. The molecule has 1 aliphatic rings. The molecule has 2 amide bonds. The summed E-state index contributed by atoms with van der Waals surface area (Å²) in [6.07, 6.45) is 1.51. The van der Waals surface area contributed by atoms with Crippen molar-refractivity contribution in [3.05, 3.63) is 0 Å². The zero-order valence-electron chi connectivity index (χ0n) is 9.45. The van der Waals surface area contributed by atoms with Gasteiger partial charge in [-0.25, -0.2) is 4.79 Å². The minimum Gasteiger partial charge on any atom is -0.453 e. The zero-order valence-corrected chi connectivity index (χ0v) is 9.45. The van der Waals surface area contributed by atoms with Gasteiger partial charge < -0.3 is 15.0 Å². The molecule has 1 rings (SSSR count). The number of nitrogens with one attached hydrogen (secondary N) is 1. The highest BCUT2D eigenvalue weighted by molar-refractivity contribution is 5.85. The van der Waals surface area contributed by atoms with Crippen molar-refractivity contribution in [1.29, 1.82) is 0 Å². The van der Waals surface area contributed by atoms with E-state index >= 15 is 0 Å². The molecule has 0 aromatic carbocycles. The fourth-order valence-electron chi connectivity index (χ4n) is 1.81. The lowest BCUT2D eigenvalue weighted by Crippen LogP contribution is -2.47. The lowest BCUT2D eigenvalue weighted by Gasteiger charge is -2.25. The molecule has 86 valence electrons. The number of carbonyl (C=O) groups is 2. The third-order valence-electron chi connectivity index (χ3n) is 2.73. The van der Waals surface area contributed by atoms with Gasteiger partial charge in [-0.15, -0.1) is 0 Å². The summed E-state index contributed by atoms with van der Waals surface area (Å²) in [4.78, 5) is 24.6. The van der Waals surface area contributed by atoms with Crippen molar-refractivity contribution in [2.75, 3.05) is 13.7 Å². The Bertz CT molecular complexity index is 255. The van der Waals surface area contributed by atoms with Crippen LogP contribution in [0, 0.1) is 0 Å². The minimum atomic E-state index is -0.567. The van der Waals surface area contributed by atoms with Crippen LogP contribution in [-0.2, 0) is 9.53 Å². The standard InChI is InChI=1S/C10H18N2O3/c1-7-5-4-6-12(7)9(13)8(2)11-10(14)15-3/h7-8H,4-6H2,1-3H3,(H,11,14)/t7-,8+/m1/s1. The average molecular weight is 214 g/mol. The summed E-state index contributed by atoms with van der Waals surface area (Å²) in [6.45, 7) is 4.48. The Balaban J connectivity index is 2.48. The smallest absolute Gasteiger partial charge is 0.407 e. The van der Waals surface area contributed by atoms with E-state index in [0.29, 0.717) is 0 Å². The molecule has 0 aliphatic carbocycles. The van der Waals surface area contributed by atoms with E-state index in [1.54, 1.807) is 11.8 Å². The van der Waals surface area contributed by atoms with Gasteiger partial charge in [0.2, 0.25) is 5.91 Å². The van der Waals surface area contributed by atoms with Gasteiger partial charge >= 0.3 is 6.09 Å². The van der Waals surface area contributed by atoms with Crippen LogP contribution in [0.3, 0.4) is 0 Å². The number of nitrogens with zero attached hydrogens (tertiary/aromatic N) is 1. The average Bonchev–Trinajstić information content (AvgIpc) is 2.63. The molecule has 5 heteroatoms. The summed E-state index contributed by atoms with van der Waals surface area (Å²) in [5, 5.41) is 2.47. The molecule has 0 bridgehead atoms. The van der Waals surface area contributed by atoms with Crippen molar-refractivity contribution in [2.45, 2.75) is 38.8 Å². The quantitative estimate of drug-likeness (QED) is 0.737. The van der Waals surface area contributed by atoms with E-state index in [1.165, 1.54) is 7.11 Å². The molecule has 1 heterocycles. The van der Waals surface area contributed by atoms with Gasteiger partial charge in [0.25, 0.3) is 0 Å². The van der Waals surface area contributed by atoms with Crippen LogP contribution < -0.4 is 5.32 Å². The molecule has 1 saturated heterocycles. The molecule has 5 nitrogen and oxygen atoms in total. The molecule has 0 radical (unpaired) electrons. The van der Waals surface area contributed by atoms with E-state index in [2.05, 4.69) is 10.1 Å². The maximum atomic E-state index is 11.9. The molecule has 2 atom stereocenters. The molecule has 0 spiro atoms. The first kappa shape index (κ1) is 11.8. The lowest BCUT2D eigenvalue weighted by atomic mass is 10.2. The molecule has 0 aromatic rings. The van der Waals surface area contributed by atoms with E-state index in [-0.39, 0.29) is 11.9 Å². The van der Waals surface area contributed by atoms with Crippen molar-refractivity contribution < 1.29 is 14.3 Å². The summed E-state index contributed by atoms with van der Waals surface area (Å²) in [5.74, 6) is -0.0367. The Hall–Kier alpha value is -1.26. The molecule has 0 unspecified atom stereocenters. The minimum absolute atomic E-state index is 0.0367. The Kier molecular flexibility index (Phi) is 3.94. The number of carbonyl (C=O) groups excluding carboxylic acids is 2. The number of ether oxygens (including phenoxy) is 1. The van der Waals surface area contributed by atoms with Gasteiger partial charge in [0.15, 0.2) is 0 Å². The van der Waals surface area contributed by atoms with Crippen molar-refractivity contribution >= 4 is 12.0 Å². The third kappa shape index (κ3) is 2.84. The highest BCUT2D eigenvalue weighted by Gasteiger charge is 2.29. The van der Waals surface area contributed by atoms with E-state index in [9.17, 15) is 9.59 Å². The van der Waals surface area contributed by atoms with Crippen LogP contribution in [0.25, 0.3) is 0 Å². The van der Waals surface area contributed by atoms with Gasteiger partial charge in [-0.1, -0.05) is 0 Å². The predicted octanol–water partition coefficient (Wildman–Crippen LogP) is 0.742. The van der Waals surface area contributed by atoms with E-state index in [4.69, 9.17) is 0 Å². The molecule has 15 heavy (non-hydrogen) atoms. The number of hydrogen-bond donors (Lipinski definition) is 1. The topological polar surface area (TPSA) is 58.6 Å². The monoisotopic (exact) mass is 214 g/mol. The zero-order chi connectivity index (χ0) is 11.4. The second-order valence-corrected chi connectivity index (χ2v) is 3.88. The van der Waals surface area contributed by atoms with E-state index in [0.717, 1.165) is 19.4 Å². The normalized spacial score (nSPS) is 22.3. The van der Waals surface area contributed by atoms with Crippen LogP contribution in [0.15, 0.2) is 0 Å². The molecule has 1 aliphatic heterocycles. The highest BCUT2D eigenvalue weighted by Crippen LogP contribution is 2.17. The van der Waals surface area contributed by atoms with Crippen LogP contribution >= 0.6 is 0 Å². The fourth-order valence-corrected chi connectivity index (χ4v) is 1.81. The predicted molar refractivity (Wildman–Crippen MR) is 55.4 cm³/mol. The Labute approximate surface area is 89.8 Å². The van der Waals surface area contributed by atoms with Gasteiger partial charge in [-0.2, -0.15) is 0 Å². The van der Waals surface area contributed by atoms with Crippen LogP contribution in [0.4, 0.5) is 4.79 Å². The third-order valence-corrected chi connectivity index (χ3v) is 2.73. The van der Waals surface area contributed by atoms with Gasteiger partial charge in [-0.3, -0.25) is 4.79 Å². The molecule has 1 N–H and O–H groups in total. The number of amides is 2. The maximum absolute atomic E-state index is 11.9.